The van der Waals surface area contributed by atoms with E-state index < -0.39 is 0 Å². The zero-order chi connectivity index (χ0) is 16.1. The highest BCUT2D eigenvalue weighted by molar-refractivity contribution is 8.00. The second kappa shape index (κ2) is 7.32. The summed E-state index contributed by atoms with van der Waals surface area (Å²) in [6.07, 6.45) is 0. The molecular weight excluding hydrogens is 298 g/mol. The van der Waals surface area contributed by atoms with Crippen molar-refractivity contribution < 1.29 is 9.59 Å². The number of hydrogen-bond acceptors (Lipinski definition) is 4. The van der Waals surface area contributed by atoms with E-state index in [9.17, 15) is 9.59 Å². The van der Waals surface area contributed by atoms with Crippen LogP contribution in [0, 0.1) is 17.2 Å². The van der Waals surface area contributed by atoms with Gasteiger partial charge < -0.3 is 9.80 Å². The summed E-state index contributed by atoms with van der Waals surface area (Å²) in [7, 11) is 0. The second-order valence-electron chi connectivity index (χ2n) is 5.20. The van der Waals surface area contributed by atoms with Gasteiger partial charge in [-0.25, -0.2) is 0 Å². The van der Waals surface area contributed by atoms with Gasteiger partial charge in [-0.1, -0.05) is 12.1 Å². The van der Waals surface area contributed by atoms with Gasteiger partial charge in [0, 0.05) is 18.0 Å². The summed E-state index contributed by atoms with van der Waals surface area (Å²) in [6.45, 7) is 4.62. The van der Waals surface area contributed by atoms with Gasteiger partial charge in [0.2, 0.25) is 11.8 Å². The normalized spacial score (nSPS) is 15.0. The van der Waals surface area contributed by atoms with E-state index >= 15 is 0 Å². The number of thioether (sulfide) groups is 1. The van der Waals surface area contributed by atoms with E-state index in [1.165, 1.54) is 11.8 Å². The molecule has 0 radical (unpaired) electrons. The fourth-order valence-corrected chi connectivity index (χ4v) is 3.28. The van der Waals surface area contributed by atoms with E-state index in [2.05, 4.69) is 6.07 Å². The molecule has 0 bridgehead atoms. The molecule has 0 aliphatic carbocycles. The smallest absolute Gasteiger partial charge is 0.242 e. The first kappa shape index (κ1) is 16.4. The van der Waals surface area contributed by atoms with Crippen LogP contribution in [0.2, 0.25) is 0 Å². The number of carbonyl (C=O) groups is 2. The SMILES string of the molecule is CCN(C[C@H](C)C#N)C(=O)CN1C(=O)CSc2ccccc21. The quantitative estimate of drug-likeness (QED) is 0.834. The molecule has 0 saturated heterocycles. The maximum absolute atomic E-state index is 12.5. The molecule has 1 aliphatic rings. The Balaban J connectivity index is 2.13. The largest absolute Gasteiger partial charge is 0.340 e. The lowest BCUT2D eigenvalue weighted by Gasteiger charge is -2.31. The zero-order valence-electron chi connectivity index (χ0n) is 12.8. The molecule has 0 fully saturated rings. The Kier molecular flexibility index (Phi) is 5.45. The average molecular weight is 317 g/mol. The molecule has 0 spiro atoms. The minimum absolute atomic E-state index is 0.0302. The number of likely N-dealkylation sites (N-methyl/N-ethyl adjacent to an activating group) is 1. The molecule has 1 atom stereocenters. The van der Waals surface area contributed by atoms with Gasteiger partial charge >= 0.3 is 0 Å². The Bertz CT molecular complexity index is 612. The molecule has 2 rings (SSSR count). The molecule has 2 amide bonds. The highest BCUT2D eigenvalue weighted by atomic mass is 32.2. The van der Waals surface area contributed by atoms with E-state index in [1.807, 2.05) is 31.2 Å². The summed E-state index contributed by atoms with van der Waals surface area (Å²) < 4.78 is 0. The molecule has 1 aliphatic heterocycles. The lowest BCUT2D eigenvalue weighted by Crippen LogP contribution is -2.46. The first-order chi connectivity index (χ1) is 10.6. The Morgan fingerprint density at radius 2 is 2.23 bits per heavy atom. The van der Waals surface area contributed by atoms with E-state index in [0.29, 0.717) is 18.8 Å². The van der Waals surface area contributed by atoms with Crippen LogP contribution in [0.4, 0.5) is 5.69 Å². The summed E-state index contributed by atoms with van der Waals surface area (Å²) >= 11 is 1.50. The number of nitrogens with zero attached hydrogens (tertiary/aromatic N) is 3. The topological polar surface area (TPSA) is 64.4 Å². The second-order valence-corrected chi connectivity index (χ2v) is 6.22. The Morgan fingerprint density at radius 1 is 1.50 bits per heavy atom. The highest BCUT2D eigenvalue weighted by Gasteiger charge is 2.27. The summed E-state index contributed by atoms with van der Waals surface area (Å²) in [6, 6.07) is 9.75. The molecule has 0 saturated carbocycles. The fraction of sp³-hybridized carbons (Fsp3) is 0.438. The van der Waals surface area contributed by atoms with Crippen LogP contribution >= 0.6 is 11.8 Å². The van der Waals surface area contributed by atoms with Gasteiger partial charge in [0.1, 0.15) is 6.54 Å². The van der Waals surface area contributed by atoms with Crippen LogP contribution in [0.5, 0.6) is 0 Å². The predicted octanol–water partition coefficient (Wildman–Crippen LogP) is 2.13. The Morgan fingerprint density at radius 3 is 2.91 bits per heavy atom. The molecule has 1 heterocycles. The first-order valence-electron chi connectivity index (χ1n) is 7.26. The number of para-hydroxylation sites is 1. The third-order valence-electron chi connectivity index (χ3n) is 3.55. The highest BCUT2D eigenvalue weighted by Crippen LogP contribution is 2.34. The zero-order valence-corrected chi connectivity index (χ0v) is 13.6. The third-order valence-corrected chi connectivity index (χ3v) is 4.60. The van der Waals surface area contributed by atoms with E-state index in [0.717, 1.165) is 10.6 Å². The van der Waals surface area contributed by atoms with Gasteiger partial charge in [0.25, 0.3) is 0 Å². The minimum Gasteiger partial charge on any atom is -0.340 e. The summed E-state index contributed by atoms with van der Waals surface area (Å²) in [5, 5.41) is 8.90. The molecule has 1 aromatic rings. The molecule has 0 N–H and O–H groups in total. The fourth-order valence-electron chi connectivity index (χ4n) is 2.34. The molecule has 0 aromatic heterocycles. The molecule has 0 unspecified atom stereocenters. The van der Waals surface area contributed by atoms with Crippen molar-refractivity contribution >= 4 is 29.3 Å². The van der Waals surface area contributed by atoms with Crippen molar-refractivity contribution in [1.29, 1.82) is 5.26 Å². The standard InChI is InChI=1S/C16H19N3O2S/c1-3-18(9-12(2)8-17)15(20)10-19-13-6-4-5-7-14(13)22-11-16(19)21/h4-7,12H,3,9-11H2,1-2H3/t12-/m1/s1. The van der Waals surface area contributed by atoms with Gasteiger partial charge in [-0.05, 0) is 26.0 Å². The van der Waals surface area contributed by atoms with E-state index in [1.54, 1.807) is 16.7 Å². The number of hydrogen-bond donors (Lipinski definition) is 0. The van der Waals surface area contributed by atoms with E-state index in [4.69, 9.17) is 5.26 Å². The van der Waals surface area contributed by atoms with Crippen LogP contribution in [0.1, 0.15) is 13.8 Å². The Labute approximate surface area is 134 Å². The Hall–Kier alpha value is -2.00. The van der Waals surface area contributed by atoms with Gasteiger partial charge in [0.05, 0.1) is 23.4 Å². The summed E-state index contributed by atoms with van der Waals surface area (Å²) in [5.74, 6) is -0.0461. The lowest BCUT2D eigenvalue weighted by molar-refractivity contribution is -0.131. The van der Waals surface area contributed by atoms with Crippen molar-refractivity contribution in [1.82, 2.24) is 4.90 Å². The molecular formula is C16H19N3O2S. The van der Waals surface area contributed by atoms with Crippen LogP contribution in [0.25, 0.3) is 0 Å². The van der Waals surface area contributed by atoms with Crippen LogP contribution in [0.15, 0.2) is 29.2 Å². The van der Waals surface area contributed by atoms with Crippen LogP contribution < -0.4 is 4.90 Å². The number of fused-ring (bicyclic) bond motifs is 1. The predicted molar refractivity (Wildman–Crippen MR) is 86.6 cm³/mol. The number of amides is 2. The van der Waals surface area contributed by atoms with Gasteiger partial charge in [-0.3, -0.25) is 9.59 Å². The molecule has 22 heavy (non-hydrogen) atoms. The van der Waals surface area contributed by atoms with Crippen molar-refractivity contribution in [2.24, 2.45) is 5.92 Å². The van der Waals surface area contributed by atoms with Crippen LogP contribution in [-0.2, 0) is 9.59 Å². The van der Waals surface area contributed by atoms with Crippen molar-refractivity contribution in [2.75, 3.05) is 30.3 Å². The number of benzene rings is 1. The summed E-state index contributed by atoms with van der Waals surface area (Å²) in [5.41, 5.74) is 0.793. The van der Waals surface area contributed by atoms with Crippen molar-refractivity contribution in [3.63, 3.8) is 0 Å². The molecule has 5 nitrogen and oxygen atoms in total. The maximum atomic E-state index is 12.5. The molecule has 116 valence electrons. The first-order valence-corrected chi connectivity index (χ1v) is 8.25. The number of carbonyl (C=O) groups excluding carboxylic acids is 2. The van der Waals surface area contributed by atoms with Crippen molar-refractivity contribution in [2.45, 2.75) is 18.7 Å². The molecule has 6 heteroatoms. The van der Waals surface area contributed by atoms with Gasteiger partial charge in [0.15, 0.2) is 0 Å². The maximum Gasteiger partial charge on any atom is 0.242 e. The third kappa shape index (κ3) is 3.60. The van der Waals surface area contributed by atoms with Crippen LogP contribution in [-0.4, -0.2) is 42.1 Å². The number of anilines is 1. The van der Waals surface area contributed by atoms with Gasteiger partial charge in [-0.2, -0.15) is 5.26 Å². The molecule has 1 aromatic carbocycles. The number of nitriles is 1. The van der Waals surface area contributed by atoms with Crippen LogP contribution in [0.3, 0.4) is 0 Å². The minimum atomic E-state index is -0.219. The monoisotopic (exact) mass is 317 g/mol. The number of rotatable bonds is 5. The van der Waals surface area contributed by atoms with E-state index in [-0.39, 0.29) is 24.3 Å². The average Bonchev–Trinajstić information content (AvgIpc) is 2.54. The summed E-state index contributed by atoms with van der Waals surface area (Å²) in [4.78, 5) is 28.8. The van der Waals surface area contributed by atoms with Crippen molar-refractivity contribution in [3.05, 3.63) is 24.3 Å². The van der Waals surface area contributed by atoms with Gasteiger partial charge in [-0.15, -0.1) is 11.8 Å². The lowest BCUT2D eigenvalue weighted by atomic mass is 10.2. The van der Waals surface area contributed by atoms with Crippen molar-refractivity contribution in [3.8, 4) is 6.07 Å².